The quantitative estimate of drug-likeness (QED) is 0.764. The highest BCUT2D eigenvalue weighted by Gasteiger charge is 2.37. The largest absolute Gasteiger partial charge is 0.271 e. The van der Waals surface area contributed by atoms with Gasteiger partial charge in [-0.3, -0.25) is 4.18 Å². The lowest BCUT2D eigenvalue weighted by Gasteiger charge is -2.10. The second kappa shape index (κ2) is 4.99. The van der Waals surface area contributed by atoms with E-state index in [1.807, 2.05) is 6.07 Å². The lowest BCUT2D eigenvalue weighted by Crippen LogP contribution is -2.24. The van der Waals surface area contributed by atoms with Gasteiger partial charge in [-0.15, -0.1) is 0 Å². The van der Waals surface area contributed by atoms with Crippen LogP contribution >= 0.6 is 0 Å². The molecule has 2 rings (SSSR count). The molecule has 1 heterocycles. The van der Waals surface area contributed by atoms with Gasteiger partial charge in [0.25, 0.3) is 10.1 Å². The highest BCUT2D eigenvalue weighted by Crippen LogP contribution is 2.21. The van der Waals surface area contributed by atoms with Gasteiger partial charge in [0.05, 0.1) is 18.1 Å². The van der Waals surface area contributed by atoms with Crippen LogP contribution in [0.5, 0.6) is 0 Å². The summed E-state index contributed by atoms with van der Waals surface area (Å²) in [5, 5.41) is -0.925. The second-order valence-corrected chi connectivity index (χ2v) is 8.38. The topological polar surface area (TPSA) is 77.5 Å². The van der Waals surface area contributed by atoms with Crippen molar-refractivity contribution >= 4 is 20.0 Å². The highest BCUT2D eigenvalue weighted by molar-refractivity contribution is 7.94. The Morgan fingerprint density at radius 1 is 1.22 bits per heavy atom. The van der Waals surface area contributed by atoms with E-state index in [4.69, 9.17) is 4.18 Å². The van der Waals surface area contributed by atoms with E-state index in [1.54, 1.807) is 24.3 Å². The Balaban J connectivity index is 2.01. The van der Waals surface area contributed by atoms with Crippen molar-refractivity contribution in [2.75, 3.05) is 11.5 Å². The van der Waals surface area contributed by atoms with Crippen molar-refractivity contribution < 1.29 is 21.0 Å². The fourth-order valence-corrected chi connectivity index (χ4v) is 5.69. The predicted octanol–water partition coefficient (Wildman–Crippen LogP) is 0.720. The molecule has 1 aromatic carbocycles. The maximum Gasteiger partial charge on any atom is 0.271 e. The SMILES string of the molecule is O=S1(=O)CC[C@@H](S(=O)(=O)OCc2ccccc2)C1. The number of sulfone groups is 1. The van der Waals surface area contributed by atoms with Gasteiger partial charge < -0.3 is 0 Å². The molecule has 0 saturated carbocycles. The van der Waals surface area contributed by atoms with Crippen LogP contribution in [0, 0.1) is 0 Å². The lowest BCUT2D eigenvalue weighted by atomic mass is 10.2. The Labute approximate surface area is 107 Å². The molecule has 7 heteroatoms. The molecule has 1 aliphatic heterocycles. The van der Waals surface area contributed by atoms with E-state index in [9.17, 15) is 16.8 Å². The molecule has 0 aromatic heterocycles. The molecule has 0 N–H and O–H groups in total. The summed E-state index contributed by atoms with van der Waals surface area (Å²) in [6, 6.07) is 8.89. The molecule has 0 unspecified atom stereocenters. The standard InChI is InChI=1S/C11H14O5S2/c12-17(13)7-6-11(9-17)18(14,15)16-8-10-4-2-1-3-5-10/h1-5,11H,6-9H2/t11-/m1/s1. The molecule has 0 spiro atoms. The fourth-order valence-electron chi connectivity index (χ4n) is 1.81. The van der Waals surface area contributed by atoms with Crippen LogP contribution in [0.25, 0.3) is 0 Å². The first-order chi connectivity index (χ1) is 8.39. The smallest absolute Gasteiger partial charge is 0.265 e. The van der Waals surface area contributed by atoms with Crippen LogP contribution in [0.15, 0.2) is 30.3 Å². The van der Waals surface area contributed by atoms with E-state index in [0.29, 0.717) is 0 Å². The third-order valence-electron chi connectivity index (χ3n) is 2.83. The zero-order chi connectivity index (χ0) is 13.2. The average molecular weight is 290 g/mol. The number of hydrogen-bond donors (Lipinski definition) is 0. The van der Waals surface area contributed by atoms with E-state index in [2.05, 4.69) is 0 Å². The van der Waals surface area contributed by atoms with E-state index < -0.39 is 25.2 Å². The zero-order valence-electron chi connectivity index (χ0n) is 9.65. The zero-order valence-corrected chi connectivity index (χ0v) is 11.3. The van der Waals surface area contributed by atoms with Crippen molar-refractivity contribution in [1.82, 2.24) is 0 Å². The van der Waals surface area contributed by atoms with Gasteiger partial charge in [0.2, 0.25) is 0 Å². The summed E-state index contributed by atoms with van der Waals surface area (Å²) in [6.45, 7) is -0.0558. The Kier molecular flexibility index (Phi) is 3.74. The molecule has 18 heavy (non-hydrogen) atoms. The summed E-state index contributed by atoms with van der Waals surface area (Å²) >= 11 is 0. The van der Waals surface area contributed by atoms with Crippen LogP contribution in [0.3, 0.4) is 0 Å². The van der Waals surface area contributed by atoms with Gasteiger partial charge in [-0.05, 0) is 12.0 Å². The van der Waals surface area contributed by atoms with E-state index in [-0.39, 0.29) is 24.5 Å². The minimum Gasteiger partial charge on any atom is -0.265 e. The van der Waals surface area contributed by atoms with Crippen LogP contribution < -0.4 is 0 Å². The van der Waals surface area contributed by atoms with Gasteiger partial charge in [-0.2, -0.15) is 8.42 Å². The molecule has 1 aromatic rings. The molecule has 5 nitrogen and oxygen atoms in total. The molecule has 1 fully saturated rings. The molecule has 100 valence electrons. The van der Waals surface area contributed by atoms with Crippen LogP contribution in [-0.4, -0.2) is 33.6 Å². The van der Waals surface area contributed by atoms with E-state index in [0.717, 1.165) is 5.56 Å². The summed E-state index contributed by atoms with van der Waals surface area (Å²) in [5.74, 6) is -0.407. The number of benzene rings is 1. The van der Waals surface area contributed by atoms with Crippen molar-refractivity contribution in [2.45, 2.75) is 18.3 Å². The Hall–Kier alpha value is -0.920. The Morgan fingerprint density at radius 3 is 2.44 bits per heavy atom. The van der Waals surface area contributed by atoms with Gasteiger partial charge >= 0.3 is 0 Å². The maximum absolute atomic E-state index is 11.8. The molecule has 1 atom stereocenters. The minimum absolute atomic E-state index is 0.0558. The van der Waals surface area contributed by atoms with Crippen molar-refractivity contribution in [3.63, 3.8) is 0 Å². The van der Waals surface area contributed by atoms with E-state index >= 15 is 0 Å². The summed E-state index contributed by atoms with van der Waals surface area (Å²) in [6.07, 6.45) is 0.124. The van der Waals surface area contributed by atoms with E-state index in [1.165, 1.54) is 0 Å². The first kappa shape index (κ1) is 13.5. The number of rotatable bonds is 4. The molecule has 1 saturated heterocycles. The lowest BCUT2D eigenvalue weighted by molar-refractivity contribution is 0.303. The average Bonchev–Trinajstić information content (AvgIpc) is 2.69. The van der Waals surface area contributed by atoms with Gasteiger partial charge in [-0.25, -0.2) is 8.42 Å². The molecule has 0 radical (unpaired) electrons. The molecular weight excluding hydrogens is 276 g/mol. The summed E-state index contributed by atoms with van der Waals surface area (Å²) in [7, 11) is -7.03. The normalized spacial score (nSPS) is 23.0. The van der Waals surface area contributed by atoms with Gasteiger partial charge in [-0.1, -0.05) is 30.3 Å². The van der Waals surface area contributed by atoms with Crippen molar-refractivity contribution in [3.8, 4) is 0 Å². The molecule has 0 aliphatic carbocycles. The summed E-state index contributed by atoms with van der Waals surface area (Å²) in [4.78, 5) is 0. The van der Waals surface area contributed by atoms with Crippen LogP contribution in [0.1, 0.15) is 12.0 Å². The van der Waals surface area contributed by atoms with Gasteiger partial charge in [0.15, 0.2) is 9.84 Å². The monoisotopic (exact) mass is 290 g/mol. The maximum atomic E-state index is 11.8. The summed E-state index contributed by atoms with van der Waals surface area (Å²) < 4.78 is 51.0. The highest BCUT2D eigenvalue weighted by atomic mass is 32.2. The molecule has 0 bridgehead atoms. The minimum atomic E-state index is -3.81. The Morgan fingerprint density at radius 2 is 1.89 bits per heavy atom. The van der Waals surface area contributed by atoms with Crippen LogP contribution in [0.4, 0.5) is 0 Å². The fraction of sp³-hybridized carbons (Fsp3) is 0.455. The predicted molar refractivity (Wildman–Crippen MR) is 67.2 cm³/mol. The van der Waals surface area contributed by atoms with Crippen molar-refractivity contribution in [3.05, 3.63) is 35.9 Å². The van der Waals surface area contributed by atoms with Gasteiger partial charge in [0, 0.05) is 0 Å². The molecular formula is C11H14O5S2. The third-order valence-corrected chi connectivity index (χ3v) is 6.48. The van der Waals surface area contributed by atoms with Crippen LogP contribution in [0.2, 0.25) is 0 Å². The molecule has 0 amide bonds. The molecule has 1 aliphatic rings. The van der Waals surface area contributed by atoms with Gasteiger partial charge in [0.1, 0.15) is 5.25 Å². The first-order valence-electron chi connectivity index (χ1n) is 5.52. The van der Waals surface area contributed by atoms with Crippen LogP contribution in [-0.2, 0) is 30.7 Å². The number of hydrogen-bond acceptors (Lipinski definition) is 5. The summed E-state index contributed by atoms with van der Waals surface area (Å²) in [5.41, 5.74) is 0.738. The Bertz CT molecular complexity index is 604. The first-order valence-corrected chi connectivity index (χ1v) is 8.81. The third kappa shape index (κ3) is 3.30. The second-order valence-electron chi connectivity index (χ2n) is 4.27. The van der Waals surface area contributed by atoms with Crippen molar-refractivity contribution in [1.29, 1.82) is 0 Å². The van der Waals surface area contributed by atoms with Crippen molar-refractivity contribution in [2.24, 2.45) is 0 Å².